The van der Waals surface area contributed by atoms with E-state index in [4.69, 9.17) is 34.8 Å². The van der Waals surface area contributed by atoms with Crippen molar-refractivity contribution in [3.8, 4) is 0 Å². The van der Waals surface area contributed by atoms with Gasteiger partial charge in [-0.2, -0.15) is 0 Å². The zero-order chi connectivity index (χ0) is 27.6. The van der Waals surface area contributed by atoms with E-state index in [-0.39, 0.29) is 30.2 Å². The summed E-state index contributed by atoms with van der Waals surface area (Å²) >= 11 is 20.2. The zero-order valence-electron chi connectivity index (χ0n) is 21.8. The Labute approximate surface area is 250 Å². The maximum absolute atomic E-state index is 13.8. The van der Waals surface area contributed by atoms with Crippen LogP contribution in [-0.2, 0) is 28.3 Å². The Kier molecular flexibility index (Phi) is 11.5. The number of rotatable bonds is 11. The van der Waals surface area contributed by atoms with Crippen LogP contribution >= 0.6 is 46.6 Å². The van der Waals surface area contributed by atoms with Crippen molar-refractivity contribution in [2.75, 3.05) is 5.75 Å². The molecule has 3 aromatic rings. The molecule has 0 aromatic heterocycles. The number of carbonyl (C=O) groups excluding carboxylic acids is 2. The number of thioether (sulfide) groups is 1. The Morgan fingerprint density at radius 1 is 0.846 bits per heavy atom. The lowest BCUT2D eigenvalue weighted by Crippen LogP contribution is -2.53. The van der Waals surface area contributed by atoms with Crippen LogP contribution in [0.2, 0.25) is 15.1 Å². The fraction of sp³-hybridized carbons (Fsp3) is 0.355. The zero-order valence-corrected chi connectivity index (χ0v) is 24.8. The first-order valence-electron chi connectivity index (χ1n) is 13.3. The van der Waals surface area contributed by atoms with Crippen molar-refractivity contribution in [2.45, 2.75) is 62.9 Å². The molecule has 3 aromatic carbocycles. The first-order valence-corrected chi connectivity index (χ1v) is 15.6. The molecular weight excluding hydrogens is 571 g/mol. The van der Waals surface area contributed by atoms with E-state index in [1.807, 2.05) is 66.7 Å². The van der Waals surface area contributed by atoms with Crippen molar-refractivity contribution >= 4 is 58.4 Å². The third-order valence-electron chi connectivity index (χ3n) is 7.00. The Bertz CT molecular complexity index is 1250. The highest BCUT2D eigenvalue weighted by molar-refractivity contribution is 7.99. The number of amides is 2. The predicted octanol–water partition coefficient (Wildman–Crippen LogP) is 7.97. The van der Waals surface area contributed by atoms with E-state index in [9.17, 15) is 9.59 Å². The number of carbonyl (C=O) groups is 2. The first-order chi connectivity index (χ1) is 18.9. The molecule has 4 rings (SSSR count). The minimum atomic E-state index is -0.663. The van der Waals surface area contributed by atoms with E-state index in [1.165, 1.54) is 18.2 Å². The largest absolute Gasteiger partial charge is 0.352 e. The summed E-state index contributed by atoms with van der Waals surface area (Å²) < 4.78 is 0. The summed E-state index contributed by atoms with van der Waals surface area (Å²) in [6, 6.07) is 22.3. The van der Waals surface area contributed by atoms with Crippen LogP contribution in [0.25, 0.3) is 0 Å². The van der Waals surface area contributed by atoms with Crippen molar-refractivity contribution in [1.29, 1.82) is 0 Å². The van der Waals surface area contributed by atoms with Gasteiger partial charge in [-0.15, -0.1) is 11.8 Å². The first kappa shape index (κ1) is 29.8. The molecule has 206 valence electrons. The fourth-order valence-electron chi connectivity index (χ4n) is 4.88. The smallest absolute Gasteiger partial charge is 0.243 e. The molecule has 1 fully saturated rings. The summed E-state index contributed by atoms with van der Waals surface area (Å²) in [5, 5.41) is 4.83. The Balaban J connectivity index is 1.57. The SMILES string of the molecule is O=C(NC1CCCCC1)[C@H](Cc1ccccc1)N(Cc1ccccc1Cl)C(=O)CSCc1ccc(Cl)c(Cl)c1. The molecule has 39 heavy (non-hydrogen) atoms. The van der Waals surface area contributed by atoms with Gasteiger partial charge in [0, 0.05) is 29.8 Å². The second-order valence-electron chi connectivity index (χ2n) is 9.90. The van der Waals surface area contributed by atoms with Gasteiger partial charge in [0.25, 0.3) is 0 Å². The van der Waals surface area contributed by atoms with E-state index in [0.29, 0.717) is 27.2 Å². The van der Waals surface area contributed by atoms with E-state index < -0.39 is 6.04 Å². The molecule has 0 aliphatic heterocycles. The van der Waals surface area contributed by atoms with Gasteiger partial charge < -0.3 is 10.2 Å². The number of hydrogen-bond donors (Lipinski definition) is 1. The molecule has 8 heteroatoms. The average molecular weight is 604 g/mol. The van der Waals surface area contributed by atoms with Crippen molar-refractivity contribution in [3.05, 3.63) is 105 Å². The molecule has 1 atom stereocenters. The van der Waals surface area contributed by atoms with Crippen LogP contribution in [0.1, 0.15) is 48.8 Å². The molecule has 0 bridgehead atoms. The highest BCUT2D eigenvalue weighted by Crippen LogP contribution is 2.26. The Morgan fingerprint density at radius 3 is 2.28 bits per heavy atom. The number of nitrogens with zero attached hydrogens (tertiary/aromatic N) is 1. The molecule has 0 heterocycles. The standard InChI is InChI=1S/C31H33Cl3N2O2S/c32-26-14-8-7-11-24(26)19-36(30(37)21-39-20-23-15-16-27(33)28(34)17-23)29(18-22-9-3-1-4-10-22)31(38)35-25-12-5-2-6-13-25/h1,3-4,7-11,14-17,25,29H,2,5-6,12-13,18-21H2,(H,35,38)/t29-/m0/s1. The van der Waals surface area contributed by atoms with Crippen LogP contribution in [0.5, 0.6) is 0 Å². The quantitative estimate of drug-likeness (QED) is 0.242. The third kappa shape index (κ3) is 8.91. The lowest BCUT2D eigenvalue weighted by molar-refractivity contribution is -0.139. The fourth-order valence-corrected chi connectivity index (χ4v) is 6.25. The van der Waals surface area contributed by atoms with Gasteiger partial charge in [-0.1, -0.05) is 109 Å². The van der Waals surface area contributed by atoms with Crippen molar-refractivity contribution in [1.82, 2.24) is 10.2 Å². The lowest BCUT2D eigenvalue weighted by atomic mass is 9.94. The minimum Gasteiger partial charge on any atom is -0.352 e. The number of halogens is 3. The van der Waals surface area contributed by atoms with Crippen LogP contribution in [-0.4, -0.2) is 34.6 Å². The predicted molar refractivity (Wildman–Crippen MR) is 164 cm³/mol. The second-order valence-corrected chi connectivity index (χ2v) is 12.1. The minimum absolute atomic E-state index is 0.111. The summed E-state index contributed by atoms with van der Waals surface area (Å²) in [6.07, 6.45) is 5.80. The maximum atomic E-state index is 13.8. The monoisotopic (exact) mass is 602 g/mol. The van der Waals surface area contributed by atoms with Gasteiger partial charge >= 0.3 is 0 Å². The van der Waals surface area contributed by atoms with Crippen LogP contribution in [0, 0.1) is 0 Å². The molecule has 4 nitrogen and oxygen atoms in total. The molecular formula is C31H33Cl3N2O2S. The molecule has 1 N–H and O–H groups in total. The summed E-state index contributed by atoms with van der Waals surface area (Å²) in [5.41, 5.74) is 2.79. The van der Waals surface area contributed by atoms with Crippen LogP contribution in [0.15, 0.2) is 72.8 Å². The Hall–Kier alpha value is -2.18. The van der Waals surface area contributed by atoms with Crippen LogP contribution in [0.3, 0.4) is 0 Å². The number of benzene rings is 3. The highest BCUT2D eigenvalue weighted by atomic mass is 35.5. The van der Waals surface area contributed by atoms with Gasteiger partial charge in [-0.25, -0.2) is 0 Å². The summed E-state index contributed by atoms with van der Waals surface area (Å²) in [6.45, 7) is 0.251. The molecule has 1 aliphatic carbocycles. The summed E-state index contributed by atoms with van der Waals surface area (Å²) in [5.74, 6) is 0.590. The molecule has 0 radical (unpaired) electrons. The van der Waals surface area contributed by atoms with E-state index in [2.05, 4.69) is 5.32 Å². The average Bonchev–Trinajstić information content (AvgIpc) is 2.94. The molecule has 0 saturated heterocycles. The van der Waals surface area contributed by atoms with Gasteiger partial charge in [0.1, 0.15) is 6.04 Å². The maximum Gasteiger partial charge on any atom is 0.243 e. The topological polar surface area (TPSA) is 49.4 Å². The van der Waals surface area contributed by atoms with Crippen molar-refractivity contribution in [3.63, 3.8) is 0 Å². The highest BCUT2D eigenvalue weighted by Gasteiger charge is 2.32. The second kappa shape index (κ2) is 15.0. The molecule has 1 saturated carbocycles. The molecule has 1 aliphatic rings. The van der Waals surface area contributed by atoms with Gasteiger partial charge in [-0.05, 0) is 47.7 Å². The van der Waals surface area contributed by atoms with Gasteiger partial charge in [0.15, 0.2) is 0 Å². The van der Waals surface area contributed by atoms with Crippen LogP contribution < -0.4 is 5.32 Å². The molecule has 2 amide bonds. The van der Waals surface area contributed by atoms with E-state index in [0.717, 1.165) is 42.4 Å². The summed E-state index contributed by atoms with van der Waals surface area (Å²) in [4.78, 5) is 29.4. The van der Waals surface area contributed by atoms with E-state index in [1.54, 1.807) is 11.0 Å². The Morgan fingerprint density at radius 2 is 1.56 bits per heavy atom. The normalized spacial score (nSPS) is 14.5. The third-order valence-corrected chi connectivity index (χ3v) is 9.10. The number of hydrogen-bond acceptors (Lipinski definition) is 3. The summed E-state index contributed by atoms with van der Waals surface area (Å²) in [7, 11) is 0. The van der Waals surface area contributed by atoms with E-state index >= 15 is 0 Å². The number of nitrogens with one attached hydrogen (secondary N) is 1. The van der Waals surface area contributed by atoms with Crippen LogP contribution in [0.4, 0.5) is 0 Å². The molecule has 0 spiro atoms. The molecule has 0 unspecified atom stereocenters. The lowest BCUT2D eigenvalue weighted by Gasteiger charge is -2.33. The van der Waals surface area contributed by atoms with Gasteiger partial charge in [-0.3, -0.25) is 9.59 Å². The van der Waals surface area contributed by atoms with Gasteiger partial charge in [0.05, 0.1) is 15.8 Å². The van der Waals surface area contributed by atoms with Crippen molar-refractivity contribution < 1.29 is 9.59 Å². The van der Waals surface area contributed by atoms with Gasteiger partial charge in [0.2, 0.25) is 11.8 Å². The van der Waals surface area contributed by atoms with Crippen molar-refractivity contribution in [2.24, 2.45) is 0 Å².